The highest BCUT2D eigenvalue weighted by molar-refractivity contribution is 5.46. The van der Waals surface area contributed by atoms with Crippen LogP contribution in [0.3, 0.4) is 0 Å². The summed E-state index contributed by atoms with van der Waals surface area (Å²) in [6, 6.07) is 4.37. The topological polar surface area (TPSA) is 47.3 Å². The molecule has 0 aliphatic heterocycles. The minimum atomic E-state index is 0.0542. The summed E-state index contributed by atoms with van der Waals surface area (Å²) in [6.07, 6.45) is 2.40. The second-order valence-corrected chi connectivity index (χ2v) is 5.57. The van der Waals surface area contributed by atoms with Gasteiger partial charge in [-0.15, -0.1) is 0 Å². The van der Waals surface area contributed by atoms with Crippen molar-refractivity contribution in [2.45, 2.75) is 32.7 Å². The first-order chi connectivity index (χ1) is 8.54. The van der Waals surface area contributed by atoms with Crippen LogP contribution in [0.4, 0.5) is 0 Å². The van der Waals surface area contributed by atoms with Gasteiger partial charge in [-0.1, -0.05) is 17.7 Å². The van der Waals surface area contributed by atoms with E-state index in [2.05, 4.69) is 31.3 Å². The summed E-state index contributed by atoms with van der Waals surface area (Å²) in [6.45, 7) is 5.17. The molecule has 0 heterocycles. The zero-order valence-electron chi connectivity index (χ0n) is 11.8. The lowest BCUT2D eigenvalue weighted by Gasteiger charge is -2.26. The van der Waals surface area contributed by atoms with Gasteiger partial charge in [0.25, 0.3) is 0 Å². The molecule has 1 atom stereocenters. The Morgan fingerprint density at radius 3 is 2.56 bits per heavy atom. The Hall–Kier alpha value is -1.06. The van der Waals surface area contributed by atoms with Crippen LogP contribution in [0.15, 0.2) is 12.1 Å². The molecule has 0 saturated heterocycles. The molecule has 1 unspecified atom stereocenters. The molecule has 0 radical (unpaired) electrons. The van der Waals surface area contributed by atoms with Crippen molar-refractivity contribution in [3.05, 3.63) is 28.8 Å². The summed E-state index contributed by atoms with van der Waals surface area (Å²) in [5.41, 5.74) is 10.3. The van der Waals surface area contributed by atoms with Crippen molar-refractivity contribution in [2.75, 3.05) is 20.7 Å². The molecule has 1 aliphatic carbocycles. The summed E-state index contributed by atoms with van der Waals surface area (Å²) in [5, 5.41) is 3.27. The lowest BCUT2D eigenvalue weighted by atomic mass is 9.88. The molecule has 3 N–H and O–H groups in total. The molecule has 0 bridgehead atoms. The first kappa shape index (κ1) is 13.4. The quantitative estimate of drug-likeness (QED) is 0.840. The molecule has 0 amide bonds. The minimum Gasteiger partial charge on any atom is -0.496 e. The van der Waals surface area contributed by atoms with Crippen molar-refractivity contribution >= 4 is 0 Å². The number of benzene rings is 1. The number of ether oxygens (including phenoxy) is 1. The lowest BCUT2D eigenvalue weighted by molar-refractivity contribution is 0.361. The van der Waals surface area contributed by atoms with Gasteiger partial charge in [0, 0.05) is 23.6 Å². The van der Waals surface area contributed by atoms with Crippen molar-refractivity contribution in [3.8, 4) is 5.75 Å². The van der Waals surface area contributed by atoms with Crippen molar-refractivity contribution in [2.24, 2.45) is 11.1 Å². The maximum absolute atomic E-state index is 6.52. The molecule has 1 aliphatic rings. The van der Waals surface area contributed by atoms with Crippen LogP contribution in [-0.2, 0) is 0 Å². The van der Waals surface area contributed by atoms with E-state index in [1.807, 2.05) is 7.05 Å². The second kappa shape index (κ2) is 4.90. The highest BCUT2D eigenvalue weighted by atomic mass is 16.5. The average molecular weight is 248 g/mol. The number of aryl methyl sites for hydroxylation is 2. The number of nitrogens with one attached hydrogen (secondary N) is 1. The molecular formula is C15H24N2O. The predicted octanol–water partition coefficient (Wildman–Crippen LogP) is 2.31. The minimum absolute atomic E-state index is 0.0542. The van der Waals surface area contributed by atoms with Crippen molar-refractivity contribution < 1.29 is 4.74 Å². The van der Waals surface area contributed by atoms with E-state index in [9.17, 15) is 0 Å². The van der Waals surface area contributed by atoms with Gasteiger partial charge in [0.15, 0.2) is 0 Å². The molecule has 2 rings (SSSR count). The van der Waals surface area contributed by atoms with Crippen molar-refractivity contribution in [1.29, 1.82) is 0 Å². The molecule has 1 aromatic carbocycles. The fourth-order valence-electron chi connectivity index (χ4n) is 2.94. The van der Waals surface area contributed by atoms with Gasteiger partial charge in [0.05, 0.1) is 7.11 Å². The maximum atomic E-state index is 6.52. The van der Waals surface area contributed by atoms with Crippen LogP contribution in [0.5, 0.6) is 5.75 Å². The molecule has 0 spiro atoms. The second-order valence-electron chi connectivity index (χ2n) is 5.57. The monoisotopic (exact) mass is 248 g/mol. The SMILES string of the molecule is CNCC1(C(N)c2cc(C)cc(C)c2OC)CC1. The third-order valence-corrected chi connectivity index (χ3v) is 4.07. The number of hydrogen-bond donors (Lipinski definition) is 2. The fourth-order valence-corrected chi connectivity index (χ4v) is 2.94. The molecule has 0 aromatic heterocycles. The van der Waals surface area contributed by atoms with Crippen LogP contribution in [0.25, 0.3) is 0 Å². The van der Waals surface area contributed by atoms with E-state index in [1.54, 1.807) is 7.11 Å². The molecular weight excluding hydrogens is 224 g/mol. The number of methoxy groups -OCH3 is 1. The van der Waals surface area contributed by atoms with E-state index in [0.717, 1.165) is 17.9 Å². The van der Waals surface area contributed by atoms with Gasteiger partial charge in [-0.25, -0.2) is 0 Å². The predicted molar refractivity (Wildman–Crippen MR) is 75.0 cm³/mol. The maximum Gasteiger partial charge on any atom is 0.126 e. The van der Waals surface area contributed by atoms with E-state index < -0.39 is 0 Å². The largest absolute Gasteiger partial charge is 0.496 e. The normalized spacial score (nSPS) is 18.5. The van der Waals surface area contributed by atoms with E-state index >= 15 is 0 Å². The Balaban J connectivity index is 2.38. The molecule has 1 saturated carbocycles. The Kier molecular flexibility index (Phi) is 3.64. The number of nitrogens with two attached hydrogens (primary N) is 1. The summed E-state index contributed by atoms with van der Waals surface area (Å²) < 4.78 is 5.55. The summed E-state index contributed by atoms with van der Waals surface area (Å²) >= 11 is 0. The molecule has 1 fully saturated rings. The fraction of sp³-hybridized carbons (Fsp3) is 0.600. The van der Waals surface area contributed by atoms with Crippen molar-refractivity contribution in [1.82, 2.24) is 5.32 Å². The van der Waals surface area contributed by atoms with E-state index in [4.69, 9.17) is 10.5 Å². The van der Waals surface area contributed by atoms with Gasteiger partial charge in [-0.05, 0) is 39.3 Å². The van der Waals surface area contributed by atoms with Gasteiger partial charge >= 0.3 is 0 Å². The van der Waals surface area contributed by atoms with Crippen molar-refractivity contribution in [3.63, 3.8) is 0 Å². The average Bonchev–Trinajstić information content (AvgIpc) is 3.08. The highest BCUT2D eigenvalue weighted by Crippen LogP contribution is 2.54. The molecule has 3 heteroatoms. The van der Waals surface area contributed by atoms with E-state index in [1.165, 1.54) is 24.0 Å². The smallest absolute Gasteiger partial charge is 0.126 e. The molecule has 3 nitrogen and oxygen atoms in total. The Morgan fingerprint density at radius 2 is 2.06 bits per heavy atom. The lowest BCUT2D eigenvalue weighted by Crippen LogP contribution is -2.31. The highest BCUT2D eigenvalue weighted by Gasteiger charge is 2.48. The molecule has 1 aromatic rings. The van der Waals surface area contributed by atoms with Crippen LogP contribution in [0.2, 0.25) is 0 Å². The Labute approximate surface area is 110 Å². The van der Waals surface area contributed by atoms with Gasteiger partial charge in [0.2, 0.25) is 0 Å². The Morgan fingerprint density at radius 1 is 1.39 bits per heavy atom. The first-order valence-electron chi connectivity index (χ1n) is 6.59. The van der Waals surface area contributed by atoms with Crippen LogP contribution in [-0.4, -0.2) is 20.7 Å². The van der Waals surface area contributed by atoms with E-state index in [0.29, 0.717) is 0 Å². The first-order valence-corrected chi connectivity index (χ1v) is 6.59. The Bertz CT molecular complexity index is 438. The summed E-state index contributed by atoms with van der Waals surface area (Å²) in [4.78, 5) is 0. The molecule has 100 valence electrons. The zero-order valence-corrected chi connectivity index (χ0v) is 11.8. The number of hydrogen-bond acceptors (Lipinski definition) is 3. The standard InChI is InChI=1S/C15H24N2O/c1-10-7-11(2)13(18-4)12(8-10)14(16)15(5-6-15)9-17-3/h7-8,14,17H,5-6,9,16H2,1-4H3. The summed E-state index contributed by atoms with van der Waals surface area (Å²) in [5.74, 6) is 0.954. The van der Waals surface area contributed by atoms with Gasteiger partial charge < -0.3 is 15.8 Å². The van der Waals surface area contributed by atoms with Crippen LogP contribution < -0.4 is 15.8 Å². The van der Waals surface area contributed by atoms with Gasteiger partial charge in [-0.3, -0.25) is 0 Å². The summed E-state index contributed by atoms with van der Waals surface area (Å²) in [7, 11) is 3.72. The van der Waals surface area contributed by atoms with E-state index in [-0.39, 0.29) is 11.5 Å². The van der Waals surface area contributed by atoms with Crippen LogP contribution in [0.1, 0.15) is 35.6 Å². The van der Waals surface area contributed by atoms with Gasteiger partial charge in [0.1, 0.15) is 5.75 Å². The third kappa shape index (κ3) is 2.25. The van der Waals surface area contributed by atoms with Crippen LogP contribution >= 0.6 is 0 Å². The van der Waals surface area contributed by atoms with Crippen LogP contribution in [0, 0.1) is 19.3 Å². The molecule has 18 heavy (non-hydrogen) atoms. The zero-order chi connectivity index (χ0) is 13.3. The number of rotatable bonds is 5. The third-order valence-electron chi connectivity index (χ3n) is 4.07. The van der Waals surface area contributed by atoms with Gasteiger partial charge in [-0.2, -0.15) is 0 Å².